The molecule has 266 valence electrons. The van der Waals surface area contributed by atoms with Crippen molar-refractivity contribution in [2.45, 2.75) is 51.2 Å². The summed E-state index contributed by atoms with van der Waals surface area (Å²) < 4.78 is 11.5. The number of halogens is 2. The predicted octanol–water partition coefficient (Wildman–Crippen LogP) is 5.72. The fourth-order valence-corrected chi connectivity index (χ4v) is 8.12. The van der Waals surface area contributed by atoms with Gasteiger partial charge in [-0.1, -0.05) is 59.6 Å². The molecule has 13 heteroatoms. The average molecular weight is 731 g/mol. The second-order valence-corrected chi connectivity index (χ2v) is 13.9. The van der Waals surface area contributed by atoms with E-state index in [1.165, 1.54) is 5.56 Å². The predicted molar refractivity (Wildman–Crippen MR) is 197 cm³/mol. The van der Waals surface area contributed by atoms with Gasteiger partial charge in [0, 0.05) is 92.5 Å². The summed E-state index contributed by atoms with van der Waals surface area (Å²) in [5.74, 6) is 1.21. The lowest BCUT2D eigenvalue weighted by molar-refractivity contribution is -0.130. The third-order valence-corrected chi connectivity index (χ3v) is 11.0. The number of amides is 2. The molecule has 2 aromatic carbocycles. The molecule has 0 spiro atoms. The Bertz CT molecular complexity index is 1970. The van der Waals surface area contributed by atoms with Crippen LogP contribution in [0.25, 0.3) is 33.6 Å². The second kappa shape index (κ2) is 15.1. The zero-order chi connectivity index (χ0) is 35.6. The minimum absolute atomic E-state index is 0.0859. The van der Waals surface area contributed by atoms with Crippen molar-refractivity contribution < 1.29 is 19.1 Å². The highest BCUT2D eigenvalue weighted by Gasteiger charge is 2.35. The Morgan fingerprint density at radius 1 is 0.902 bits per heavy atom. The minimum Gasteiger partial charge on any atom is -0.481 e. The lowest BCUT2D eigenvalue weighted by Gasteiger charge is -2.38. The van der Waals surface area contributed by atoms with Gasteiger partial charge in [-0.2, -0.15) is 0 Å². The van der Waals surface area contributed by atoms with Gasteiger partial charge in [-0.05, 0) is 30.9 Å². The summed E-state index contributed by atoms with van der Waals surface area (Å²) >= 11 is 14.3. The van der Waals surface area contributed by atoms with Crippen LogP contribution >= 0.6 is 23.2 Å². The van der Waals surface area contributed by atoms with Gasteiger partial charge < -0.3 is 25.0 Å². The summed E-state index contributed by atoms with van der Waals surface area (Å²) in [4.78, 5) is 42.2. The second-order valence-electron chi connectivity index (χ2n) is 13.2. The van der Waals surface area contributed by atoms with Crippen LogP contribution in [0, 0.1) is 0 Å². The van der Waals surface area contributed by atoms with Crippen LogP contribution in [0.3, 0.4) is 0 Å². The van der Waals surface area contributed by atoms with E-state index in [0.29, 0.717) is 58.3 Å². The highest BCUT2D eigenvalue weighted by atomic mass is 35.5. The van der Waals surface area contributed by atoms with Crippen LogP contribution in [0.4, 0.5) is 0 Å². The normalized spacial score (nSPS) is 18.8. The first-order valence-corrected chi connectivity index (χ1v) is 18.1. The molecular formula is C38H41Cl2N7O4. The number of pyridine rings is 1. The molecule has 0 radical (unpaired) electrons. The molecule has 2 fully saturated rings. The molecule has 3 aliphatic rings. The van der Waals surface area contributed by atoms with Crippen LogP contribution < -0.4 is 20.1 Å². The Labute approximate surface area is 307 Å². The van der Waals surface area contributed by atoms with Gasteiger partial charge in [0.25, 0.3) is 0 Å². The van der Waals surface area contributed by atoms with Gasteiger partial charge in [0.1, 0.15) is 5.69 Å². The monoisotopic (exact) mass is 729 g/mol. The molecule has 11 nitrogen and oxygen atoms in total. The van der Waals surface area contributed by atoms with Crippen molar-refractivity contribution in [1.82, 2.24) is 35.4 Å². The fraction of sp³-hybridized carbons (Fsp3) is 0.395. The van der Waals surface area contributed by atoms with Gasteiger partial charge in [0.05, 0.1) is 41.8 Å². The Morgan fingerprint density at radius 2 is 1.55 bits per heavy atom. The summed E-state index contributed by atoms with van der Waals surface area (Å²) in [5, 5.41) is 7.32. The molecule has 2 aromatic heterocycles. The van der Waals surface area contributed by atoms with Crippen molar-refractivity contribution in [2.75, 3.05) is 46.9 Å². The fourth-order valence-electron chi connectivity index (χ4n) is 7.47. The number of hydrogen-bond acceptors (Lipinski definition) is 9. The average Bonchev–Trinajstić information content (AvgIpc) is 3.77. The zero-order valence-electron chi connectivity index (χ0n) is 29.0. The largest absolute Gasteiger partial charge is 0.481 e. The zero-order valence-corrected chi connectivity index (χ0v) is 30.5. The SMILES string of the molecule is COc1nc(-c2cccc(-c3cccc(-c4cc5c(c(OC)n4)C(N4CCN(C(C)=O)CC4)CC5)c3Cl)c2Cl)cnc1CNC[C@@H]1CCC(=O)N1. The number of aryl methyl sites for hydroxylation is 1. The van der Waals surface area contributed by atoms with Crippen molar-refractivity contribution in [3.8, 4) is 45.4 Å². The molecule has 7 rings (SSSR count). The molecule has 1 aliphatic carbocycles. The molecule has 4 aromatic rings. The molecule has 51 heavy (non-hydrogen) atoms. The molecule has 2 saturated heterocycles. The highest BCUT2D eigenvalue weighted by Crippen LogP contribution is 2.46. The number of aromatic nitrogens is 3. The number of carbonyl (C=O) groups is 2. The van der Waals surface area contributed by atoms with E-state index < -0.39 is 0 Å². The first kappa shape index (κ1) is 35.1. The standard InChI is InChI=1S/C38H41Cl2N7O4/c1-22(48)46-14-16-47(17-15-46)32-12-10-23-18-29(44-38(51-3)34(23)32)27-8-4-6-25(35(27)39)26-7-5-9-28(36(26)40)30-21-42-31(37(45-30)50-2)20-41-19-24-11-13-33(49)43-24/h4-9,18,21,24,32,41H,10-17,19-20H2,1-3H3,(H,43,49)/t24-,32?/m0/s1. The summed E-state index contributed by atoms with van der Waals surface area (Å²) in [6, 6.07) is 14.1. The Kier molecular flexibility index (Phi) is 10.4. The van der Waals surface area contributed by atoms with Crippen molar-refractivity contribution >= 4 is 35.0 Å². The van der Waals surface area contributed by atoms with Crippen molar-refractivity contribution in [1.29, 1.82) is 0 Å². The number of rotatable bonds is 10. The summed E-state index contributed by atoms with van der Waals surface area (Å²) in [6.45, 7) is 5.82. The van der Waals surface area contributed by atoms with Gasteiger partial charge in [-0.15, -0.1) is 0 Å². The van der Waals surface area contributed by atoms with E-state index in [0.717, 1.165) is 73.4 Å². The minimum atomic E-state index is 0.0859. The lowest BCUT2D eigenvalue weighted by atomic mass is 9.97. The van der Waals surface area contributed by atoms with Crippen LogP contribution in [0.5, 0.6) is 11.8 Å². The summed E-state index contributed by atoms with van der Waals surface area (Å²) in [6.07, 6.45) is 4.94. The third kappa shape index (κ3) is 7.13. The van der Waals surface area contributed by atoms with Crippen LogP contribution in [0.15, 0.2) is 48.7 Å². The van der Waals surface area contributed by atoms with Crippen molar-refractivity contribution in [2.24, 2.45) is 0 Å². The highest BCUT2D eigenvalue weighted by molar-refractivity contribution is 6.39. The molecule has 4 heterocycles. The van der Waals surface area contributed by atoms with Crippen LogP contribution in [0.2, 0.25) is 10.0 Å². The van der Waals surface area contributed by atoms with Crippen LogP contribution in [-0.2, 0) is 22.6 Å². The molecule has 1 unspecified atom stereocenters. The van der Waals surface area contributed by atoms with Gasteiger partial charge in [-0.3, -0.25) is 19.5 Å². The lowest BCUT2D eigenvalue weighted by Crippen LogP contribution is -2.48. The summed E-state index contributed by atoms with van der Waals surface area (Å²) in [7, 11) is 3.23. The molecule has 2 amide bonds. The van der Waals surface area contributed by atoms with E-state index >= 15 is 0 Å². The molecule has 0 bridgehead atoms. The van der Waals surface area contributed by atoms with Gasteiger partial charge >= 0.3 is 0 Å². The van der Waals surface area contributed by atoms with Crippen molar-refractivity contribution in [3.63, 3.8) is 0 Å². The van der Waals surface area contributed by atoms with E-state index in [-0.39, 0.29) is 23.9 Å². The van der Waals surface area contributed by atoms with E-state index in [4.69, 9.17) is 42.6 Å². The van der Waals surface area contributed by atoms with Crippen LogP contribution in [0.1, 0.15) is 49.0 Å². The van der Waals surface area contributed by atoms with Gasteiger partial charge in [-0.25, -0.2) is 9.97 Å². The number of ether oxygens (including phenoxy) is 2. The van der Waals surface area contributed by atoms with E-state index in [9.17, 15) is 9.59 Å². The molecule has 2 atom stereocenters. The number of fused-ring (bicyclic) bond motifs is 1. The first-order valence-electron chi connectivity index (χ1n) is 17.3. The van der Waals surface area contributed by atoms with E-state index in [2.05, 4.69) is 26.6 Å². The number of piperazine rings is 1. The number of methoxy groups -OCH3 is 2. The third-order valence-electron chi connectivity index (χ3n) is 10.1. The number of nitrogens with zero attached hydrogens (tertiary/aromatic N) is 5. The maximum absolute atomic E-state index is 11.9. The number of benzene rings is 2. The van der Waals surface area contributed by atoms with E-state index in [1.807, 2.05) is 41.3 Å². The first-order chi connectivity index (χ1) is 24.7. The Hall–Kier alpha value is -4.29. The maximum atomic E-state index is 11.9. The van der Waals surface area contributed by atoms with Gasteiger partial charge in [0.15, 0.2) is 0 Å². The maximum Gasteiger partial charge on any atom is 0.237 e. The Morgan fingerprint density at radius 3 is 2.18 bits per heavy atom. The topological polar surface area (TPSA) is 122 Å². The number of hydrogen-bond donors (Lipinski definition) is 2. The molecule has 2 N–H and O–H groups in total. The van der Waals surface area contributed by atoms with E-state index in [1.54, 1.807) is 27.3 Å². The number of carbonyl (C=O) groups excluding carboxylic acids is 2. The molecule has 0 saturated carbocycles. The van der Waals surface area contributed by atoms with Gasteiger partial charge in [0.2, 0.25) is 23.6 Å². The quantitative estimate of drug-likeness (QED) is 0.211. The Balaban J connectivity index is 1.14. The van der Waals surface area contributed by atoms with Crippen LogP contribution in [-0.4, -0.2) is 89.6 Å². The smallest absolute Gasteiger partial charge is 0.237 e. The molecular weight excluding hydrogens is 689 g/mol. The molecule has 2 aliphatic heterocycles. The summed E-state index contributed by atoms with van der Waals surface area (Å²) in [5.41, 5.74) is 7.30. The van der Waals surface area contributed by atoms with Crippen molar-refractivity contribution in [3.05, 3.63) is 75.5 Å². The number of nitrogens with one attached hydrogen (secondary N) is 2.